The smallest absolute Gasteiger partial charge is 0.222 e. The minimum atomic E-state index is 0.0764. The molecule has 3 rings (SSSR count). The zero-order valence-corrected chi connectivity index (χ0v) is 15.7. The molecule has 1 aliphatic carbocycles. The molecule has 1 aromatic rings. The fourth-order valence-corrected chi connectivity index (χ4v) is 4.73. The predicted octanol–water partition coefficient (Wildman–Crippen LogP) is 2.19. The lowest BCUT2D eigenvalue weighted by atomic mass is 9.74. The Labute approximate surface area is 149 Å². The van der Waals surface area contributed by atoms with Crippen molar-refractivity contribution in [3.63, 3.8) is 0 Å². The summed E-state index contributed by atoms with van der Waals surface area (Å²) in [6, 6.07) is 2.33. The molecule has 0 unspecified atom stereocenters. The van der Waals surface area contributed by atoms with Gasteiger partial charge in [-0.15, -0.1) is 0 Å². The minimum absolute atomic E-state index is 0.0764. The number of hydrogen-bond donors (Lipinski definition) is 1. The molecule has 2 amide bonds. The Kier molecular flexibility index (Phi) is 5.16. The monoisotopic (exact) mass is 346 g/mol. The third-order valence-corrected chi connectivity index (χ3v) is 6.02. The summed E-state index contributed by atoms with van der Waals surface area (Å²) in [5.74, 6) is 0.355. The van der Waals surface area contributed by atoms with Gasteiger partial charge in [-0.2, -0.15) is 5.10 Å². The first-order valence-electron chi connectivity index (χ1n) is 9.52. The van der Waals surface area contributed by atoms with E-state index in [1.54, 1.807) is 0 Å². The van der Waals surface area contributed by atoms with Gasteiger partial charge in [-0.3, -0.25) is 14.3 Å². The van der Waals surface area contributed by atoms with Gasteiger partial charge >= 0.3 is 0 Å². The van der Waals surface area contributed by atoms with E-state index >= 15 is 0 Å². The molecule has 1 aliphatic heterocycles. The number of hydrogen-bond acceptors (Lipinski definition) is 3. The van der Waals surface area contributed by atoms with Crippen LogP contribution in [0.1, 0.15) is 56.8 Å². The molecule has 2 atom stereocenters. The first kappa shape index (κ1) is 18.0. The summed E-state index contributed by atoms with van der Waals surface area (Å²) in [4.78, 5) is 26.6. The summed E-state index contributed by atoms with van der Waals surface area (Å²) in [7, 11) is 0. The summed E-state index contributed by atoms with van der Waals surface area (Å²) in [6.07, 6.45) is 5.30. The zero-order chi connectivity index (χ0) is 18.0. The number of carbonyl (C=O) groups is 2. The van der Waals surface area contributed by atoms with Crippen molar-refractivity contribution in [1.82, 2.24) is 20.0 Å². The molecular formula is C19H30N4O2. The standard InChI is InChI=1S/C19H30N4O2/c1-4-22-16-6-5-9-19(16,10-7-18(22)25)13-20-17(24)8-11-23-15(3)12-14(2)21-23/h12,16H,4-11,13H2,1-3H3,(H,20,24)/t16-,19+/m1/s1. The number of aromatic nitrogens is 2. The molecule has 1 saturated heterocycles. The van der Waals surface area contributed by atoms with Crippen molar-refractivity contribution < 1.29 is 9.59 Å². The van der Waals surface area contributed by atoms with E-state index in [-0.39, 0.29) is 17.2 Å². The number of aryl methyl sites for hydroxylation is 3. The first-order valence-corrected chi connectivity index (χ1v) is 9.52. The van der Waals surface area contributed by atoms with Crippen molar-refractivity contribution in [3.8, 4) is 0 Å². The van der Waals surface area contributed by atoms with Gasteiger partial charge < -0.3 is 10.2 Å². The largest absolute Gasteiger partial charge is 0.355 e. The maximum atomic E-state index is 12.3. The number of rotatable bonds is 6. The summed E-state index contributed by atoms with van der Waals surface area (Å²) in [5.41, 5.74) is 2.15. The second-order valence-electron chi connectivity index (χ2n) is 7.63. The number of fused-ring (bicyclic) bond motifs is 1. The number of carbonyl (C=O) groups excluding carboxylic acids is 2. The zero-order valence-electron chi connectivity index (χ0n) is 15.7. The number of likely N-dealkylation sites (tertiary alicyclic amines) is 1. The van der Waals surface area contributed by atoms with Crippen LogP contribution >= 0.6 is 0 Å². The fourth-order valence-electron chi connectivity index (χ4n) is 4.73. The highest BCUT2D eigenvalue weighted by Crippen LogP contribution is 2.47. The quantitative estimate of drug-likeness (QED) is 0.858. The Bertz CT molecular complexity index is 654. The molecule has 6 heteroatoms. The minimum Gasteiger partial charge on any atom is -0.355 e. The molecule has 25 heavy (non-hydrogen) atoms. The Balaban J connectivity index is 1.55. The van der Waals surface area contributed by atoms with Gasteiger partial charge in [0, 0.05) is 49.6 Å². The highest BCUT2D eigenvalue weighted by molar-refractivity contribution is 5.78. The maximum Gasteiger partial charge on any atom is 0.222 e. The van der Waals surface area contributed by atoms with Crippen molar-refractivity contribution in [2.45, 2.75) is 71.9 Å². The van der Waals surface area contributed by atoms with E-state index in [2.05, 4.69) is 17.3 Å². The van der Waals surface area contributed by atoms with Crippen molar-refractivity contribution in [1.29, 1.82) is 0 Å². The van der Waals surface area contributed by atoms with Crippen LogP contribution in [0.3, 0.4) is 0 Å². The lowest BCUT2D eigenvalue weighted by molar-refractivity contribution is -0.141. The molecule has 2 aliphatic rings. The van der Waals surface area contributed by atoms with Gasteiger partial charge in [-0.05, 0) is 46.1 Å². The number of amides is 2. The number of nitrogens with one attached hydrogen (secondary N) is 1. The second-order valence-corrected chi connectivity index (χ2v) is 7.63. The van der Waals surface area contributed by atoms with E-state index in [4.69, 9.17) is 0 Å². The van der Waals surface area contributed by atoms with E-state index in [1.807, 2.05) is 29.5 Å². The van der Waals surface area contributed by atoms with E-state index in [1.165, 1.54) is 0 Å². The molecule has 2 fully saturated rings. The second kappa shape index (κ2) is 7.18. The third-order valence-electron chi connectivity index (χ3n) is 6.02. The van der Waals surface area contributed by atoms with Crippen LogP contribution in [0, 0.1) is 19.3 Å². The normalized spacial score (nSPS) is 26.0. The van der Waals surface area contributed by atoms with Crippen LogP contribution in [0.5, 0.6) is 0 Å². The molecule has 0 radical (unpaired) electrons. The van der Waals surface area contributed by atoms with Crippen molar-refractivity contribution in [2.24, 2.45) is 5.41 Å². The Hall–Kier alpha value is -1.85. The molecular weight excluding hydrogens is 316 g/mol. The third kappa shape index (κ3) is 3.58. The van der Waals surface area contributed by atoms with Crippen LogP contribution in [-0.4, -0.2) is 45.6 Å². The van der Waals surface area contributed by atoms with Gasteiger partial charge in [-0.1, -0.05) is 6.42 Å². The van der Waals surface area contributed by atoms with Crippen molar-refractivity contribution in [3.05, 3.63) is 17.5 Å². The molecule has 1 saturated carbocycles. The number of nitrogens with zero attached hydrogens (tertiary/aromatic N) is 3. The maximum absolute atomic E-state index is 12.3. The van der Waals surface area contributed by atoms with Gasteiger partial charge in [0.2, 0.25) is 11.8 Å². The summed E-state index contributed by atoms with van der Waals surface area (Å²) in [5, 5.41) is 7.56. The van der Waals surface area contributed by atoms with Crippen LogP contribution in [-0.2, 0) is 16.1 Å². The van der Waals surface area contributed by atoms with Crippen LogP contribution in [0.4, 0.5) is 0 Å². The fraction of sp³-hybridized carbons (Fsp3) is 0.737. The van der Waals surface area contributed by atoms with Gasteiger partial charge in [0.05, 0.1) is 5.69 Å². The van der Waals surface area contributed by atoms with Crippen molar-refractivity contribution in [2.75, 3.05) is 13.1 Å². The van der Waals surface area contributed by atoms with E-state index in [0.29, 0.717) is 32.0 Å². The first-order chi connectivity index (χ1) is 11.9. The Morgan fingerprint density at radius 1 is 1.40 bits per heavy atom. The topological polar surface area (TPSA) is 67.2 Å². The highest BCUT2D eigenvalue weighted by Gasteiger charge is 2.49. The summed E-state index contributed by atoms with van der Waals surface area (Å²) >= 11 is 0. The molecule has 1 aromatic heterocycles. The van der Waals surface area contributed by atoms with Crippen LogP contribution in [0.25, 0.3) is 0 Å². The van der Waals surface area contributed by atoms with E-state index in [0.717, 1.165) is 43.6 Å². The van der Waals surface area contributed by atoms with E-state index < -0.39 is 0 Å². The van der Waals surface area contributed by atoms with Gasteiger partial charge in [0.15, 0.2) is 0 Å². The molecule has 0 aromatic carbocycles. The van der Waals surface area contributed by atoms with Gasteiger partial charge in [-0.25, -0.2) is 0 Å². The molecule has 1 N–H and O–H groups in total. The lowest BCUT2D eigenvalue weighted by Crippen LogP contribution is -2.55. The predicted molar refractivity (Wildman–Crippen MR) is 96.0 cm³/mol. The van der Waals surface area contributed by atoms with Crippen LogP contribution in [0.2, 0.25) is 0 Å². The average Bonchev–Trinajstić information content (AvgIpc) is 3.14. The summed E-state index contributed by atoms with van der Waals surface area (Å²) in [6.45, 7) is 8.11. The van der Waals surface area contributed by atoms with Gasteiger partial charge in [0.25, 0.3) is 0 Å². The molecule has 0 bridgehead atoms. The molecule has 0 spiro atoms. The summed E-state index contributed by atoms with van der Waals surface area (Å²) < 4.78 is 1.89. The molecule has 138 valence electrons. The number of piperidine rings is 1. The molecule has 2 heterocycles. The average molecular weight is 346 g/mol. The highest BCUT2D eigenvalue weighted by atomic mass is 16.2. The lowest BCUT2D eigenvalue weighted by Gasteiger charge is -2.46. The van der Waals surface area contributed by atoms with Crippen LogP contribution < -0.4 is 5.32 Å². The van der Waals surface area contributed by atoms with Gasteiger partial charge in [0.1, 0.15) is 0 Å². The molecule has 6 nitrogen and oxygen atoms in total. The van der Waals surface area contributed by atoms with Crippen molar-refractivity contribution >= 4 is 11.8 Å². The Morgan fingerprint density at radius 3 is 2.88 bits per heavy atom. The Morgan fingerprint density at radius 2 is 2.20 bits per heavy atom. The van der Waals surface area contributed by atoms with Crippen LogP contribution in [0.15, 0.2) is 6.07 Å². The SMILES string of the molecule is CCN1C(=O)CC[C@]2(CNC(=O)CCn3nc(C)cc3C)CCC[C@@H]12. The van der Waals surface area contributed by atoms with E-state index in [9.17, 15) is 9.59 Å².